The van der Waals surface area contributed by atoms with E-state index in [1.165, 1.54) is 18.9 Å². The molecule has 0 saturated carbocycles. The summed E-state index contributed by atoms with van der Waals surface area (Å²) >= 11 is 7.28. The predicted octanol–water partition coefficient (Wildman–Crippen LogP) is 4.49. The molecule has 1 aromatic heterocycles. The Morgan fingerprint density at radius 2 is 1.91 bits per heavy atom. The van der Waals surface area contributed by atoms with E-state index in [2.05, 4.69) is 15.5 Å². The van der Waals surface area contributed by atoms with Crippen LogP contribution in [0.15, 0.2) is 41.6 Å². The van der Waals surface area contributed by atoms with Crippen LogP contribution in [0.4, 0.5) is 5.69 Å². The normalized spacial score (nSPS) is 10.7. The largest absolute Gasteiger partial charge is 0.495 e. The Kier molecular flexibility index (Phi) is 8.24. The van der Waals surface area contributed by atoms with Crippen LogP contribution in [0, 0.1) is 6.92 Å². The number of amides is 1. The van der Waals surface area contributed by atoms with Crippen molar-refractivity contribution in [3.63, 3.8) is 0 Å². The molecule has 1 N–H and O–H groups in total. The van der Waals surface area contributed by atoms with E-state index < -0.39 is 0 Å². The van der Waals surface area contributed by atoms with Gasteiger partial charge in [0.2, 0.25) is 5.91 Å². The fraction of sp³-hybridized carbons (Fsp3) is 0.318. The van der Waals surface area contributed by atoms with Gasteiger partial charge in [-0.25, -0.2) is 0 Å². The summed E-state index contributed by atoms with van der Waals surface area (Å²) in [6, 6.07) is 10.8. The average Bonchev–Trinajstić information content (AvgIpc) is 3.11. The standard InChI is InChI=1S/C22H25ClN4O4S/c1-5-30-19-10-14(2)6-8-18(19)31-12-20-25-26-22(27(20)3)32-13-21(28)24-16-11-15(23)7-9-17(16)29-4/h6-11H,5,12-13H2,1-4H3,(H,24,28). The van der Waals surface area contributed by atoms with E-state index >= 15 is 0 Å². The highest BCUT2D eigenvalue weighted by Crippen LogP contribution is 2.30. The van der Waals surface area contributed by atoms with Gasteiger partial charge >= 0.3 is 0 Å². The second kappa shape index (κ2) is 11.1. The van der Waals surface area contributed by atoms with Gasteiger partial charge in [-0.2, -0.15) is 0 Å². The molecule has 10 heteroatoms. The van der Waals surface area contributed by atoms with Crippen molar-refractivity contribution in [2.45, 2.75) is 25.6 Å². The Bertz CT molecular complexity index is 1090. The van der Waals surface area contributed by atoms with Gasteiger partial charge in [0, 0.05) is 12.1 Å². The zero-order valence-electron chi connectivity index (χ0n) is 18.3. The maximum Gasteiger partial charge on any atom is 0.234 e. The lowest BCUT2D eigenvalue weighted by Crippen LogP contribution is -2.15. The molecule has 170 valence electrons. The minimum Gasteiger partial charge on any atom is -0.495 e. The average molecular weight is 477 g/mol. The summed E-state index contributed by atoms with van der Waals surface area (Å²) in [7, 11) is 3.36. The number of aromatic nitrogens is 3. The number of carbonyl (C=O) groups excluding carboxylic acids is 1. The lowest BCUT2D eigenvalue weighted by Gasteiger charge is -2.12. The molecule has 0 radical (unpaired) electrons. The summed E-state index contributed by atoms with van der Waals surface area (Å²) in [6.45, 7) is 4.70. The van der Waals surface area contributed by atoms with E-state index in [0.29, 0.717) is 45.5 Å². The maximum absolute atomic E-state index is 12.4. The molecule has 0 aliphatic rings. The minimum absolute atomic E-state index is 0.148. The summed E-state index contributed by atoms with van der Waals surface area (Å²) in [5, 5.41) is 12.3. The number of ether oxygens (including phenoxy) is 3. The molecule has 0 saturated heterocycles. The second-order valence-electron chi connectivity index (χ2n) is 6.81. The monoisotopic (exact) mass is 476 g/mol. The van der Waals surface area contributed by atoms with Crippen molar-refractivity contribution in [1.82, 2.24) is 14.8 Å². The number of thioether (sulfide) groups is 1. The van der Waals surface area contributed by atoms with E-state index in [0.717, 1.165) is 5.56 Å². The SMILES string of the molecule is CCOc1cc(C)ccc1OCc1nnc(SCC(=O)Nc2cc(Cl)ccc2OC)n1C. The second-order valence-corrected chi connectivity index (χ2v) is 8.19. The third kappa shape index (κ3) is 6.08. The molecular weight excluding hydrogens is 452 g/mol. The van der Waals surface area contributed by atoms with Crippen molar-refractivity contribution >= 4 is 35.0 Å². The van der Waals surface area contributed by atoms with Gasteiger partial charge < -0.3 is 24.1 Å². The summed E-state index contributed by atoms with van der Waals surface area (Å²) in [5.41, 5.74) is 1.60. The number of anilines is 1. The highest BCUT2D eigenvalue weighted by molar-refractivity contribution is 7.99. The van der Waals surface area contributed by atoms with Gasteiger partial charge in [-0.05, 0) is 49.7 Å². The van der Waals surface area contributed by atoms with Crippen LogP contribution in [-0.4, -0.2) is 40.1 Å². The molecule has 0 aliphatic carbocycles. The quantitative estimate of drug-likeness (QED) is 0.431. The fourth-order valence-electron chi connectivity index (χ4n) is 2.84. The summed E-state index contributed by atoms with van der Waals surface area (Å²) in [5.74, 6) is 2.44. The molecule has 1 amide bonds. The first-order valence-corrected chi connectivity index (χ1v) is 11.3. The number of hydrogen-bond acceptors (Lipinski definition) is 7. The van der Waals surface area contributed by atoms with Crippen molar-refractivity contribution in [3.8, 4) is 17.2 Å². The van der Waals surface area contributed by atoms with Crippen LogP contribution in [0.3, 0.4) is 0 Å². The number of carbonyl (C=O) groups is 1. The Hall–Kier alpha value is -2.91. The zero-order chi connectivity index (χ0) is 23.1. The highest BCUT2D eigenvalue weighted by atomic mass is 35.5. The van der Waals surface area contributed by atoms with Gasteiger partial charge in [-0.15, -0.1) is 10.2 Å². The lowest BCUT2D eigenvalue weighted by atomic mass is 10.2. The van der Waals surface area contributed by atoms with Crippen LogP contribution in [0.5, 0.6) is 17.2 Å². The van der Waals surface area contributed by atoms with Gasteiger partial charge in [0.25, 0.3) is 0 Å². The van der Waals surface area contributed by atoms with Crippen LogP contribution >= 0.6 is 23.4 Å². The van der Waals surface area contributed by atoms with Crippen LogP contribution in [-0.2, 0) is 18.4 Å². The van der Waals surface area contributed by atoms with Crippen molar-refractivity contribution in [2.75, 3.05) is 24.8 Å². The topological polar surface area (TPSA) is 87.5 Å². The highest BCUT2D eigenvalue weighted by Gasteiger charge is 2.14. The smallest absolute Gasteiger partial charge is 0.234 e. The zero-order valence-corrected chi connectivity index (χ0v) is 19.9. The van der Waals surface area contributed by atoms with Crippen LogP contribution in [0.25, 0.3) is 0 Å². The lowest BCUT2D eigenvalue weighted by molar-refractivity contribution is -0.113. The van der Waals surface area contributed by atoms with Crippen LogP contribution < -0.4 is 19.5 Å². The molecule has 1 heterocycles. The number of rotatable bonds is 10. The minimum atomic E-state index is -0.211. The fourth-order valence-corrected chi connectivity index (χ4v) is 3.74. The molecule has 32 heavy (non-hydrogen) atoms. The van der Waals surface area contributed by atoms with Gasteiger partial charge in [-0.3, -0.25) is 4.79 Å². The maximum atomic E-state index is 12.4. The van der Waals surface area contributed by atoms with Crippen molar-refractivity contribution in [3.05, 3.63) is 52.8 Å². The molecule has 3 rings (SSSR count). The van der Waals surface area contributed by atoms with E-state index in [-0.39, 0.29) is 18.3 Å². The van der Waals surface area contributed by atoms with Gasteiger partial charge in [0.1, 0.15) is 12.4 Å². The molecular formula is C22H25ClN4O4S. The van der Waals surface area contributed by atoms with Gasteiger partial charge in [-0.1, -0.05) is 29.4 Å². The number of halogens is 1. The van der Waals surface area contributed by atoms with Crippen molar-refractivity contribution in [1.29, 1.82) is 0 Å². The Balaban J connectivity index is 1.58. The van der Waals surface area contributed by atoms with Gasteiger partial charge in [0.15, 0.2) is 22.5 Å². The molecule has 0 spiro atoms. The molecule has 2 aromatic carbocycles. The third-order valence-corrected chi connectivity index (χ3v) is 5.70. The summed E-state index contributed by atoms with van der Waals surface area (Å²) < 4.78 is 18.6. The first kappa shape index (κ1) is 23.7. The Morgan fingerprint density at radius 1 is 1.12 bits per heavy atom. The van der Waals surface area contributed by atoms with Crippen molar-refractivity contribution < 1.29 is 19.0 Å². The summed E-state index contributed by atoms with van der Waals surface area (Å²) in [6.07, 6.45) is 0. The summed E-state index contributed by atoms with van der Waals surface area (Å²) in [4.78, 5) is 12.4. The number of hydrogen-bond donors (Lipinski definition) is 1. The third-order valence-electron chi connectivity index (χ3n) is 4.45. The van der Waals surface area contributed by atoms with E-state index in [1.54, 1.807) is 22.8 Å². The number of benzene rings is 2. The number of aryl methyl sites for hydroxylation is 1. The molecule has 0 unspecified atom stereocenters. The van der Waals surface area contributed by atoms with Crippen molar-refractivity contribution in [2.24, 2.45) is 7.05 Å². The van der Waals surface area contributed by atoms with Crippen LogP contribution in [0.2, 0.25) is 5.02 Å². The molecule has 0 aliphatic heterocycles. The molecule has 8 nitrogen and oxygen atoms in total. The van der Waals surface area contributed by atoms with Gasteiger partial charge in [0.05, 0.1) is 25.2 Å². The Labute approximate surface area is 196 Å². The number of nitrogens with zero attached hydrogens (tertiary/aromatic N) is 3. The number of nitrogens with one attached hydrogen (secondary N) is 1. The predicted molar refractivity (Wildman–Crippen MR) is 125 cm³/mol. The van der Waals surface area contributed by atoms with Crippen LogP contribution in [0.1, 0.15) is 18.3 Å². The van der Waals surface area contributed by atoms with E-state index in [1.807, 2.05) is 39.1 Å². The first-order valence-electron chi connectivity index (χ1n) is 9.92. The Morgan fingerprint density at radius 3 is 2.66 bits per heavy atom. The van der Waals surface area contributed by atoms with E-state index in [9.17, 15) is 4.79 Å². The molecule has 0 atom stereocenters. The number of methoxy groups -OCH3 is 1. The first-order chi connectivity index (χ1) is 15.4. The molecule has 3 aromatic rings. The molecule has 0 fully saturated rings. The van der Waals surface area contributed by atoms with E-state index in [4.69, 9.17) is 25.8 Å². The molecule has 0 bridgehead atoms.